The minimum Gasteiger partial charge on any atom is -0.319 e. The Hall–Kier alpha value is -1.94. The van der Waals surface area contributed by atoms with Crippen LogP contribution < -0.4 is 5.32 Å². The highest BCUT2D eigenvalue weighted by Crippen LogP contribution is 2.20. The zero-order chi connectivity index (χ0) is 14.7. The van der Waals surface area contributed by atoms with Crippen molar-refractivity contribution in [2.75, 3.05) is 5.32 Å². The number of hydrogen-bond acceptors (Lipinski definition) is 2. The second-order valence-corrected chi connectivity index (χ2v) is 5.52. The molecule has 0 spiro atoms. The van der Waals surface area contributed by atoms with Crippen LogP contribution in [0, 0.1) is 13.8 Å². The summed E-state index contributed by atoms with van der Waals surface area (Å²) >= 11 is 3.36. The topological polar surface area (TPSA) is 46.2 Å². The van der Waals surface area contributed by atoms with Crippen molar-refractivity contribution in [3.63, 3.8) is 0 Å². The van der Waals surface area contributed by atoms with Crippen LogP contribution >= 0.6 is 15.9 Å². The molecule has 2 rings (SSSR count). The molecule has 0 atom stereocenters. The number of ketones is 1. The van der Waals surface area contributed by atoms with Gasteiger partial charge in [0.2, 0.25) is 0 Å². The van der Waals surface area contributed by atoms with E-state index in [0.717, 1.165) is 15.6 Å². The Labute approximate surface area is 126 Å². The molecule has 0 unspecified atom stereocenters. The van der Waals surface area contributed by atoms with Crippen molar-refractivity contribution in [1.82, 2.24) is 0 Å². The van der Waals surface area contributed by atoms with Gasteiger partial charge in [-0.25, -0.2) is 0 Å². The number of amides is 1. The van der Waals surface area contributed by atoms with E-state index in [-0.39, 0.29) is 0 Å². The summed E-state index contributed by atoms with van der Waals surface area (Å²) in [6.07, 6.45) is 0. The minimum atomic E-state index is -0.626. The highest BCUT2D eigenvalue weighted by atomic mass is 79.9. The zero-order valence-electron chi connectivity index (χ0n) is 11.2. The first kappa shape index (κ1) is 14.5. The third-order valence-corrected chi connectivity index (χ3v) is 3.45. The maximum Gasteiger partial charge on any atom is 0.296 e. The van der Waals surface area contributed by atoms with E-state index in [9.17, 15) is 9.59 Å². The lowest BCUT2D eigenvalue weighted by atomic mass is 10.1. The standard InChI is InChI=1S/C16H14BrNO2/c1-10-3-5-12(6-4-10)15(19)16(20)18-14-8-7-13(17)9-11(14)2/h3-9H,1-2H3,(H,18,20). The smallest absolute Gasteiger partial charge is 0.296 e. The van der Waals surface area contributed by atoms with E-state index >= 15 is 0 Å². The van der Waals surface area contributed by atoms with Crippen molar-refractivity contribution in [3.8, 4) is 0 Å². The van der Waals surface area contributed by atoms with Crippen LogP contribution in [-0.2, 0) is 4.79 Å². The zero-order valence-corrected chi connectivity index (χ0v) is 12.8. The maximum absolute atomic E-state index is 12.0. The normalized spacial score (nSPS) is 10.2. The van der Waals surface area contributed by atoms with Gasteiger partial charge in [0.05, 0.1) is 0 Å². The Balaban J connectivity index is 2.15. The van der Waals surface area contributed by atoms with Crippen LogP contribution in [0.3, 0.4) is 0 Å². The highest BCUT2D eigenvalue weighted by molar-refractivity contribution is 9.10. The molecule has 0 aliphatic carbocycles. The van der Waals surface area contributed by atoms with Crippen LogP contribution in [-0.4, -0.2) is 11.7 Å². The molecule has 3 nitrogen and oxygen atoms in total. The average Bonchev–Trinajstić information content (AvgIpc) is 2.42. The van der Waals surface area contributed by atoms with Gasteiger partial charge in [0.25, 0.3) is 11.7 Å². The van der Waals surface area contributed by atoms with Crippen LogP contribution in [0.15, 0.2) is 46.9 Å². The summed E-state index contributed by atoms with van der Waals surface area (Å²) in [5.74, 6) is -1.16. The molecule has 1 amide bonds. The summed E-state index contributed by atoms with van der Waals surface area (Å²) in [7, 11) is 0. The molecule has 0 aliphatic rings. The van der Waals surface area contributed by atoms with Gasteiger partial charge in [-0.3, -0.25) is 9.59 Å². The molecule has 20 heavy (non-hydrogen) atoms. The van der Waals surface area contributed by atoms with E-state index in [1.165, 1.54) is 0 Å². The van der Waals surface area contributed by atoms with Crippen molar-refractivity contribution in [2.45, 2.75) is 13.8 Å². The fourth-order valence-corrected chi connectivity index (χ4v) is 2.26. The molecule has 4 heteroatoms. The Morgan fingerprint density at radius 2 is 1.65 bits per heavy atom. The second kappa shape index (κ2) is 6.01. The lowest BCUT2D eigenvalue weighted by Crippen LogP contribution is -2.23. The van der Waals surface area contributed by atoms with Crippen molar-refractivity contribution >= 4 is 33.3 Å². The average molecular weight is 332 g/mol. The van der Waals surface area contributed by atoms with E-state index in [2.05, 4.69) is 21.2 Å². The van der Waals surface area contributed by atoms with Gasteiger partial charge in [-0.2, -0.15) is 0 Å². The van der Waals surface area contributed by atoms with Gasteiger partial charge in [0, 0.05) is 15.7 Å². The largest absolute Gasteiger partial charge is 0.319 e. The van der Waals surface area contributed by atoms with Crippen molar-refractivity contribution in [2.24, 2.45) is 0 Å². The Morgan fingerprint density at radius 3 is 2.25 bits per heavy atom. The summed E-state index contributed by atoms with van der Waals surface area (Å²) in [6, 6.07) is 12.4. The van der Waals surface area contributed by atoms with Crippen molar-refractivity contribution in [3.05, 3.63) is 63.6 Å². The van der Waals surface area contributed by atoms with Crippen LogP contribution in [0.2, 0.25) is 0 Å². The van der Waals surface area contributed by atoms with Crippen LogP contribution in [0.5, 0.6) is 0 Å². The van der Waals surface area contributed by atoms with E-state index in [1.807, 2.05) is 38.1 Å². The molecule has 0 saturated heterocycles. The van der Waals surface area contributed by atoms with Gasteiger partial charge in [-0.15, -0.1) is 0 Å². The summed E-state index contributed by atoms with van der Waals surface area (Å²) in [5, 5.41) is 2.64. The first-order chi connectivity index (χ1) is 9.47. The number of carbonyl (C=O) groups excluding carboxylic acids is 2. The van der Waals surface area contributed by atoms with Gasteiger partial charge in [-0.05, 0) is 37.6 Å². The number of hydrogen-bond donors (Lipinski definition) is 1. The maximum atomic E-state index is 12.0. The molecular formula is C16H14BrNO2. The number of halogens is 1. The molecular weight excluding hydrogens is 318 g/mol. The third kappa shape index (κ3) is 3.33. The fourth-order valence-electron chi connectivity index (χ4n) is 1.78. The highest BCUT2D eigenvalue weighted by Gasteiger charge is 2.16. The monoisotopic (exact) mass is 331 g/mol. The lowest BCUT2D eigenvalue weighted by Gasteiger charge is -2.08. The molecule has 0 heterocycles. The van der Waals surface area contributed by atoms with Crippen LogP contribution in [0.4, 0.5) is 5.69 Å². The SMILES string of the molecule is Cc1ccc(C(=O)C(=O)Nc2ccc(Br)cc2C)cc1. The van der Waals surface area contributed by atoms with Gasteiger partial charge >= 0.3 is 0 Å². The molecule has 1 N–H and O–H groups in total. The third-order valence-electron chi connectivity index (χ3n) is 2.96. The first-order valence-corrected chi connectivity index (χ1v) is 6.95. The van der Waals surface area contributed by atoms with Crippen molar-refractivity contribution in [1.29, 1.82) is 0 Å². The predicted molar refractivity (Wildman–Crippen MR) is 83.0 cm³/mol. The quantitative estimate of drug-likeness (QED) is 0.685. The molecule has 2 aromatic rings. The molecule has 0 aromatic heterocycles. The number of benzene rings is 2. The molecule has 102 valence electrons. The van der Waals surface area contributed by atoms with Gasteiger partial charge in [0.15, 0.2) is 0 Å². The van der Waals surface area contributed by atoms with Crippen LogP contribution in [0.1, 0.15) is 21.5 Å². The number of aryl methyl sites for hydroxylation is 2. The molecule has 2 aromatic carbocycles. The summed E-state index contributed by atoms with van der Waals surface area (Å²) < 4.78 is 0.929. The molecule has 0 saturated carbocycles. The Kier molecular flexibility index (Phi) is 4.35. The van der Waals surface area contributed by atoms with Gasteiger partial charge in [-0.1, -0.05) is 45.8 Å². The fraction of sp³-hybridized carbons (Fsp3) is 0.125. The number of Topliss-reactive ketones (excluding diaryl/α,β-unsaturated/α-hetero) is 1. The van der Waals surface area contributed by atoms with Crippen LogP contribution in [0.25, 0.3) is 0 Å². The van der Waals surface area contributed by atoms with Crippen molar-refractivity contribution < 1.29 is 9.59 Å². The number of rotatable bonds is 3. The van der Waals surface area contributed by atoms with E-state index in [0.29, 0.717) is 11.3 Å². The summed E-state index contributed by atoms with van der Waals surface area (Å²) in [4.78, 5) is 24.0. The number of anilines is 1. The first-order valence-electron chi connectivity index (χ1n) is 6.16. The lowest BCUT2D eigenvalue weighted by molar-refractivity contribution is -0.112. The summed E-state index contributed by atoms with van der Waals surface area (Å²) in [5.41, 5.74) is 2.97. The minimum absolute atomic E-state index is 0.392. The molecule has 0 fully saturated rings. The Bertz CT molecular complexity index is 663. The predicted octanol–water partition coefficient (Wildman–Crippen LogP) is 3.89. The van der Waals surface area contributed by atoms with E-state index < -0.39 is 11.7 Å². The molecule has 0 bridgehead atoms. The van der Waals surface area contributed by atoms with Gasteiger partial charge in [0.1, 0.15) is 0 Å². The van der Waals surface area contributed by atoms with E-state index in [1.54, 1.807) is 18.2 Å². The molecule has 0 aliphatic heterocycles. The summed E-state index contributed by atoms with van der Waals surface area (Å²) in [6.45, 7) is 3.80. The molecule has 0 radical (unpaired) electrons. The van der Waals surface area contributed by atoms with Gasteiger partial charge < -0.3 is 5.32 Å². The number of nitrogens with one attached hydrogen (secondary N) is 1. The van der Waals surface area contributed by atoms with E-state index in [4.69, 9.17) is 0 Å². The number of carbonyl (C=O) groups is 2. The Morgan fingerprint density at radius 1 is 1.00 bits per heavy atom. The second-order valence-electron chi connectivity index (χ2n) is 4.61.